The molecule has 19 heavy (non-hydrogen) atoms. The summed E-state index contributed by atoms with van der Waals surface area (Å²) in [5.41, 5.74) is 0.806. The second-order valence-electron chi connectivity index (χ2n) is 5.86. The summed E-state index contributed by atoms with van der Waals surface area (Å²) in [6, 6.07) is 4.48. The number of nitrogens with one attached hydrogen (secondary N) is 1. The molecule has 0 radical (unpaired) electrons. The van der Waals surface area contributed by atoms with Crippen LogP contribution >= 0.6 is 0 Å². The number of rotatable bonds is 2. The molecule has 104 valence electrons. The highest BCUT2D eigenvalue weighted by atomic mass is 16.2. The number of nitrogens with zero attached hydrogens (tertiary/aromatic N) is 2. The van der Waals surface area contributed by atoms with E-state index in [4.69, 9.17) is 0 Å². The maximum absolute atomic E-state index is 12.5. The van der Waals surface area contributed by atoms with Gasteiger partial charge in [0.15, 0.2) is 0 Å². The van der Waals surface area contributed by atoms with E-state index in [0.29, 0.717) is 12.0 Å². The third kappa shape index (κ3) is 2.54. The zero-order chi connectivity index (χ0) is 13.2. The Bertz CT molecular complexity index is 448. The van der Waals surface area contributed by atoms with Crippen LogP contribution in [0.5, 0.6) is 0 Å². The Hall–Kier alpha value is -1.29. The molecule has 3 rings (SSSR count). The Kier molecular flexibility index (Phi) is 3.60. The number of piperidine rings is 1. The summed E-state index contributed by atoms with van der Waals surface area (Å²) in [5.74, 6) is 0.829. The molecule has 1 N–H and O–H groups in total. The van der Waals surface area contributed by atoms with Crippen molar-refractivity contribution in [3.8, 4) is 0 Å². The predicted octanol–water partition coefficient (Wildman–Crippen LogP) is 1.63. The third-order valence-electron chi connectivity index (χ3n) is 4.58. The quantitative estimate of drug-likeness (QED) is 0.878. The van der Waals surface area contributed by atoms with Gasteiger partial charge in [-0.2, -0.15) is 0 Å². The average Bonchev–Trinajstić information content (AvgIpc) is 3.09. The monoisotopic (exact) mass is 261 g/mol. The van der Waals surface area contributed by atoms with Gasteiger partial charge < -0.3 is 14.8 Å². The van der Waals surface area contributed by atoms with Crippen LogP contribution in [0.2, 0.25) is 0 Å². The minimum atomic E-state index is 0.190. The first-order valence-corrected chi connectivity index (χ1v) is 7.39. The second kappa shape index (κ2) is 5.37. The first-order valence-electron chi connectivity index (χ1n) is 7.39. The largest absolute Gasteiger partial charge is 0.347 e. The fraction of sp³-hybridized carbons (Fsp3) is 0.667. The molecular formula is C15H23N3O. The molecule has 0 spiro atoms. The molecule has 2 unspecified atom stereocenters. The zero-order valence-electron chi connectivity index (χ0n) is 11.6. The van der Waals surface area contributed by atoms with Crippen molar-refractivity contribution in [2.75, 3.05) is 19.6 Å². The lowest BCUT2D eigenvalue weighted by atomic mass is 9.89. The number of amides is 1. The van der Waals surface area contributed by atoms with Crippen molar-refractivity contribution in [3.05, 3.63) is 24.0 Å². The van der Waals surface area contributed by atoms with Crippen LogP contribution in [0.15, 0.2) is 18.3 Å². The molecule has 0 aliphatic carbocycles. The highest BCUT2D eigenvalue weighted by Gasteiger charge is 2.31. The van der Waals surface area contributed by atoms with Crippen LogP contribution in [0, 0.1) is 5.92 Å². The number of hydrogen-bond acceptors (Lipinski definition) is 2. The van der Waals surface area contributed by atoms with Gasteiger partial charge in [-0.15, -0.1) is 0 Å². The second-order valence-corrected chi connectivity index (χ2v) is 5.86. The van der Waals surface area contributed by atoms with Gasteiger partial charge in [0.25, 0.3) is 5.91 Å². The van der Waals surface area contributed by atoms with Crippen molar-refractivity contribution in [1.82, 2.24) is 14.8 Å². The van der Waals surface area contributed by atoms with Crippen molar-refractivity contribution < 1.29 is 4.79 Å². The number of likely N-dealkylation sites (tertiary alicyclic amines) is 1. The standard InChI is InChI=1S/C15H23N3O/c1-17-9-4-7-14(17)15(19)18-10-3-5-12(11-18)13-6-2-8-16-13/h4,7,9,12-13,16H,2-3,5-6,8,10-11H2,1H3. The maximum atomic E-state index is 12.5. The van der Waals surface area contributed by atoms with E-state index in [1.54, 1.807) is 0 Å². The van der Waals surface area contributed by atoms with Gasteiger partial charge in [0, 0.05) is 32.4 Å². The smallest absolute Gasteiger partial charge is 0.270 e. The summed E-state index contributed by atoms with van der Waals surface area (Å²) in [5, 5.41) is 3.59. The molecule has 0 aromatic carbocycles. The van der Waals surface area contributed by atoms with Crippen molar-refractivity contribution in [3.63, 3.8) is 0 Å². The first kappa shape index (κ1) is 12.7. The molecule has 1 amide bonds. The zero-order valence-corrected chi connectivity index (χ0v) is 11.6. The van der Waals surface area contributed by atoms with Gasteiger partial charge in [-0.25, -0.2) is 0 Å². The summed E-state index contributed by atoms with van der Waals surface area (Å²) < 4.78 is 1.92. The van der Waals surface area contributed by atoms with E-state index in [1.165, 1.54) is 19.3 Å². The molecule has 2 atom stereocenters. The van der Waals surface area contributed by atoms with Crippen LogP contribution in [-0.2, 0) is 7.05 Å². The molecular weight excluding hydrogens is 238 g/mol. The number of aryl methyl sites for hydroxylation is 1. The van der Waals surface area contributed by atoms with E-state index in [9.17, 15) is 4.79 Å². The fourth-order valence-corrected chi connectivity index (χ4v) is 3.48. The molecule has 1 aromatic heterocycles. The molecule has 2 aliphatic heterocycles. The van der Waals surface area contributed by atoms with Crippen LogP contribution in [0.1, 0.15) is 36.2 Å². The molecule has 4 nitrogen and oxygen atoms in total. The minimum Gasteiger partial charge on any atom is -0.347 e. The van der Waals surface area contributed by atoms with Crippen LogP contribution < -0.4 is 5.32 Å². The highest BCUT2D eigenvalue weighted by molar-refractivity contribution is 5.92. The predicted molar refractivity (Wildman–Crippen MR) is 75.1 cm³/mol. The van der Waals surface area contributed by atoms with Gasteiger partial charge in [0.05, 0.1) is 0 Å². The van der Waals surface area contributed by atoms with Crippen molar-refractivity contribution in [2.45, 2.75) is 31.7 Å². The Balaban J connectivity index is 1.67. The van der Waals surface area contributed by atoms with Gasteiger partial charge in [-0.05, 0) is 50.3 Å². The van der Waals surface area contributed by atoms with E-state index in [2.05, 4.69) is 5.32 Å². The number of carbonyl (C=O) groups excluding carboxylic acids is 1. The van der Waals surface area contributed by atoms with E-state index < -0.39 is 0 Å². The number of aromatic nitrogens is 1. The molecule has 4 heteroatoms. The van der Waals surface area contributed by atoms with Gasteiger partial charge >= 0.3 is 0 Å². The summed E-state index contributed by atoms with van der Waals surface area (Å²) in [4.78, 5) is 14.6. The number of carbonyl (C=O) groups is 1. The lowest BCUT2D eigenvalue weighted by molar-refractivity contribution is 0.0641. The third-order valence-corrected chi connectivity index (χ3v) is 4.58. The SMILES string of the molecule is Cn1cccc1C(=O)N1CCCC(C2CCCN2)C1. The Morgan fingerprint density at radius 2 is 2.26 bits per heavy atom. The fourth-order valence-electron chi connectivity index (χ4n) is 3.48. The lowest BCUT2D eigenvalue weighted by Gasteiger charge is -2.35. The van der Waals surface area contributed by atoms with Crippen LogP contribution in [-0.4, -0.2) is 41.1 Å². The maximum Gasteiger partial charge on any atom is 0.270 e. The Morgan fingerprint density at radius 1 is 1.37 bits per heavy atom. The van der Waals surface area contributed by atoms with Crippen LogP contribution in [0.3, 0.4) is 0 Å². The average molecular weight is 261 g/mol. The highest BCUT2D eigenvalue weighted by Crippen LogP contribution is 2.25. The molecule has 1 aromatic rings. The van der Waals surface area contributed by atoms with Crippen molar-refractivity contribution >= 4 is 5.91 Å². The van der Waals surface area contributed by atoms with Crippen molar-refractivity contribution in [2.24, 2.45) is 13.0 Å². The molecule has 0 bridgehead atoms. The molecule has 0 saturated carbocycles. The van der Waals surface area contributed by atoms with Crippen molar-refractivity contribution in [1.29, 1.82) is 0 Å². The minimum absolute atomic E-state index is 0.190. The van der Waals surface area contributed by atoms with E-state index in [0.717, 1.165) is 31.7 Å². The molecule has 2 aliphatic rings. The summed E-state index contributed by atoms with van der Waals surface area (Å²) >= 11 is 0. The van der Waals surface area contributed by atoms with Crippen LogP contribution in [0.4, 0.5) is 0 Å². The number of hydrogen-bond donors (Lipinski definition) is 1. The van der Waals surface area contributed by atoms with Crippen LogP contribution in [0.25, 0.3) is 0 Å². The van der Waals surface area contributed by atoms with Gasteiger partial charge in [-0.1, -0.05) is 0 Å². The normalized spacial score (nSPS) is 27.7. The lowest BCUT2D eigenvalue weighted by Crippen LogP contribution is -2.46. The van der Waals surface area contributed by atoms with Gasteiger partial charge in [0.1, 0.15) is 5.69 Å². The van der Waals surface area contributed by atoms with Gasteiger partial charge in [0.2, 0.25) is 0 Å². The molecule has 2 saturated heterocycles. The molecule has 2 fully saturated rings. The van der Waals surface area contributed by atoms with Gasteiger partial charge in [-0.3, -0.25) is 4.79 Å². The summed E-state index contributed by atoms with van der Waals surface area (Å²) in [6.07, 6.45) is 6.89. The summed E-state index contributed by atoms with van der Waals surface area (Å²) in [6.45, 7) is 2.97. The topological polar surface area (TPSA) is 37.3 Å². The van der Waals surface area contributed by atoms with E-state index in [-0.39, 0.29) is 5.91 Å². The summed E-state index contributed by atoms with van der Waals surface area (Å²) in [7, 11) is 1.94. The molecule has 3 heterocycles. The Morgan fingerprint density at radius 3 is 2.95 bits per heavy atom. The Labute approximate surface area is 114 Å². The first-order chi connectivity index (χ1) is 9.25. The van der Waals surface area contributed by atoms with E-state index >= 15 is 0 Å². The van der Waals surface area contributed by atoms with E-state index in [1.807, 2.05) is 34.8 Å².